The van der Waals surface area contributed by atoms with Crippen molar-refractivity contribution < 1.29 is 19.6 Å². The summed E-state index contributed by atoms with van der Waals surface area (Å²) >= 11 is 0. The first-order valence-electron chi connectivity index (χ1n) is 10.6. The molecule has 0 saturated carbocycles. The first-order valence-corrected chi connectivity index (χ1v) is 10.6. The van der Waals surface area contributed by atoms with Gasteiger partial charge in [-0.25, -0.2) is 5.48 Å². The lowest BCUT2D eigenvalue weighted by atomic mass is 10.0. The molecule has 0 bridgehead atoms. The summed E-state index contributed by atoms with van der Waals surface area (Å²) < 4.78 is 0. The molecular weight excluding hydrogens is 436 g/mol. The van der Waals surface area contributed by atoms with Crippen LogP contribution in [0.5, 0.6) is 0 Å². The van der Waals surface area contributed by atoms with Crippen molar-refractivity contribution in [3.8, 4) is 11.1 Å². The topological polar surface area (TPSA) is 158 Å². The van der Waals surface area contributed by atoms with Crippen LogP contribution in [-0.4, -0.2) is 47.0 Å². The minimum absolute atomic E-state index is 0.153. The molecule has 0 aliphatic heterocycles. The van der Waals surface area contributed by atoms with E-state index in [9.17, 15) is 14.4 Å². The van der Waals surface area contributed by atoms with Crippen molar-refractivity contribution in [1.82, 2.24) is 21.1 Å². The first-order chi connectivity index (χ1) is 16.5. The molecule has 0 aliphatic carbocycles. The van der Waals surface area contributed by atoms with E-state index in [1.165, 1.54) is 5.48 Å². The van der Waals surface area contributed by atoms with Gasteiger partial charge in [-0.15, -0.1) is 0 Å². The predicted octanol–water partition coefficient (Wildman–Crippen LogP) is 1.04. The molecule has 1 heterocycles. The smallest absolute Gasteiger partial charge is 0.267 e. The highest BCUT2D eigenvalue weighted by Gasteiger charge is 2.19. The lowest BCUT2D eigenvalue weighted by Gasteiger charge is -2.14. The average Bonchev–Trinajstić information content (AvgIpc) is 2.88. The van der Waals surface area contributed by atoms with Gasteiger partial charge in [-0.3, -0.25) is 24.6 Å². The maximum absolute atomic E-state index is 12.3. The molecule has 0 radical (unpaired) electrons. The molecule has 10 heteroatoms. The number of carbonyl (C=O) groups excluding carboxylic acids is 3. The van der Waals surface area contributed by atoms with Gasteiger partial charge in [0.15, 0.2) is 0 Å². The molecule has 10 nitrogen and oxygen atoms in total. The monoisotopic (exact) mass is 462 g/mol. The number of hydroxylamine groups is 1. The standard InChI is InChI=1S/C24H26N6O4/c25-13-21(24(33)30-34)29-23(32)18-6-4-16(5-7-18)17-8-10-19(11-9-17)28-22(31)15-26-14-20-3-1-2-12-27-20/h1-12,21,26,34H,13-15,25H2,(H,28,31)(H,29,32)(H,30,33)/t21-/m0/s1. The highest BCUT2D eigenvalue weighted by Crippen LogP contribution is 2.22. The third kappa shape index (κ3) is 6.94. The molecule has 3 aromatic rings. The summed E-state index contributed by atoms with van der Waals surface area (Å²) in [5.74, 6) is -1.44. The fourth-order valence-electron chi connectivity index (χ4n) is 3.12. The van der Waals surface area contributed by atoms with Gasteiger partial charge in [0.1, 0.15) is 6.04 Å². The van der Waals surface area contributed by atoms with E-state index in [1.54, 1.807) is 42.6 Å². The van der Waals surface area contributed by atoms with Crippen LogP contribution in [-0.2, 0) is 16.1 Å². The quantitative estimate of drug-likeness (QED) is 0.194. The van der Waals surface area contributed by atoms with E-state index in [4.69, 9.17) is 10.9 Å². The molecule has 3 rings (SSSR count). The Kier molecular flexibility index (Phi) is 8.81. The van der Waals surface area contributed by atoms with Crippen molar-refractivity contribution in [3.63, 3.8) is 0 Å². The molecule has 7 N–H and O–H groups in total. The Morgan fingerprint density at radius 3 is 2.21 bits per heavy atom. The first kappa shape index (κ1) is 24.5. The van der Waals surface area contributed by atoms with Crippen LogP contribution in [0, 0.1) is 0 Å². The van der Waals surface area contributed by atoms with Crippen LogP contribution in [0.1, 0.15) is 16.1 Å². The van der Waals surface area contributed by atoms with E-state index in [2.05, 4.69) is 20.9 Å². The zero-order valence-corrected chi connectivity index (χ0v) is 18.3. The highest BCUT2D eigenvalue weighted by atomic mass is 16.5. The second-order valence-electron chi connectivity index (χ2n) is 7.37. The Hall–Kier alpha value is -4.12. The number of nitrogens with two attached hydrogens (primary N) is 1. The fraction of sp³-hybridized carbons (Fsp3) is 0.167. The average molecular weight is 463 g/mol. The number of nitrogens with one attached hydrogen (secondary N) is 4. The second kappa shape index (κ2) is 12.2. The maximum atomic E-state index is 12.3. The van der Waals surface area contributed by atoms with E-state index in [1.807, 2.05) is 30.3 Å². The number of pyridine rings is 1. The molecule has 0 saturated heterocycles. The minimum Gasteiger partial charge on any atom is -0.339 e. The summed E-state index contributed by atoms with van der Waals surface area (Å²) in [6.45, 7) is 0.509. The van der Waals surface area contributed by atoms with E-state index >= 15 is 0 Å². The lowest BCUT2D eigenvalue weighted by Crippen LogP contribution is -2.50. The van der Waals surface area contributed by atoms with Crippen LogP contribution in [0.15, 0.2) is 72.9 Å². The van der Waals surface area contributed by atoms with Crippen LogP contribution in [0.3, 0.4) is 0 Å². The van der Waals surface area contributed by atoms with Gasteiger partial charge < -0.3 is 21.7 Å². The van der Waals surface area contributed by atoms with Crippen LogP contribution < -0.4 is 27.2 Å². The molecule has 0 fully saturated rings. The third-order valence-corrected chi connectivity index (χ3v) is 4.93. The molecule has 0 spiro atoms. The zero-order valence-electron chi connectivity index (χ0n) is 18.3. The zero-order chi connectivity index (χ0) is 24.3. The van der Waals surface area contributed by atoms with Gasteiger partial charge in [0, 0.05) is 30.5 Å². The van der Waals surface area contributed by atoms with Crippen molar-refractivity contribution in [3.05, 3.63) is 84.2 Å². The SMILES string of the molecule is NC[C@H](NC(=O)c1ccc(-c2ccc(NC(=O)CNCc3ccccn3)cc2)cc1)C(=O)NO. The predicted molar refractivity (Wildman–Crippen MR) is 127 cm³/mol. The van der Waals surface area contributed by atoms with Crippen molar-refractivity contribution in [1.29, 1.82) is 0 Å². The number of amides is 3. The molecule has 0 aliphatic rings. The number of benzene rings is 2. The Morgan fingerprint density at radius 1 is 0.941 bits per heavy atom. The summed E-state index contributed by atoms with van der Waals surface area (Å²) in [6, 6.07) is 18.7. The largest absolute Gasteiger partial charge is 0.339 e. The number of rotatable bonds is 10. The van der Waals surface area contributed by atoms with Crippen molar-refractivity contribution >= 4 is 23.4 Å². The van der Waals surface area contributed by atoms with Gasteiger partial charge in [-0.1, -0.05) is 30.3 Å². The van der Waals surface area contributed by atoms with Crippen molar-refractivity contribution in [2.45, 2.75) is 12.6 Å². The van der Waals surface area contributed by atoms with Gasteiger partial charge in [0.25, 0.3) is 11.8 Å². The summed E-state index contributed by atoms with van der Waals surface area (Å²) in [4.78, 5) is 40.1. The van der Waals surface area contributed by atoms with Crippen molar-refractivity contribution in [2.75, 3.05) is 18.4 Å². The number of aromatic nitrogens is 1. The number of carbonyl (C=O) groups is 3. The molecule has 2 aromatic carbocycles. The summed E-state index contributed by atoms with van der Waals surface area (Å²) in [7, 11) is 0. The molecular formula is C24H26N6O4. The summed E-state index contributed by atoms with van der Waals surface area (Å²) in [6.07, 6.45) is 1.71. The van der Waals surface area contributed by atoms with E-state index in [0.29, 0.717) is 17.8 Å². The van der Waals surface area contributed by atoms with Crippen LogP contribution in [0.4, 0.5) is 5.69 Å². The van der Waals surface area contributed by atoms with Crippen LogP contribution in [0.2, 0.25) is 0 Å². The minimum atomic E-state index is -1.04. The van der Waals surface area contributed by atoms with Gasteiger partial charge in [-0.2, -0.15) is 0 Å². The van der Waals surface area contributed by atoms with Gasteiger partial charge in [0.2, 0.25) is 5.91 Å². The Balaban J connectivity index is 1.52. The van der Waals surface area contributed by atoms with Gasteiger partial charge in [0.05, 0.1) is 12.2 Å². The third-order valence-electron chi connectivity index (χ3n) is 4.93. The number of hydrogen-bond donors (Lipinski definition) is 6. The maximum Gasteiger partial charge on any atom is 0.267 e. The molecule has 1 aromatic heterocycles. The van der Waals surface area contributed by atoms with E-state index in [0.717, 1.165) is 16.8 Å². The Morgan fingerprint density at radius 2 is 1.62 bits per heavy atom. The molecule has 3 amide bonds. The normalized spacial score (nSPS) is 11.4. The number of anilines is 1. The molecule has 34 heavy (non-hydrogen) atoms. The van der Waals surface area contributed by atoms with Gasteiger partial charge >= 0.3 is 0 Å². The Bertz CT molecular complexity index is 1100. The molecule has 176 valence electrons. The van der Waals surface area contributed by atoms with E-state index < -0.39 is 17.9 Å². The fourth-order valence-corrected chi connectivity index (χ4v) is 3.12. The summed E-state index contributed by atoms with van der Waals surface area (Å²) in [5, 5.41) is 17.0. The van der Waals surface area contributed by atoms with Crippen LogP contribution in [0.25, 0.3) is 11.1 Å². The highest BCUT2D eigenvalue weighted by molar-refractivity contribution is 5.98. The molecule has 1 atom stereocenters. The lowest BCUT2D eigenvalue weighted by molar-refractivity contribution is -0.130. The van der Waals surface area contributed by atoms with Crippen LogP contribution >= 0.6 is 0 Å². The molecule has 0 unspecified atom stereocenters. The van der Waals surface area contributed by atoms with Crippen molar-refractivity contribution in [2.24, 2.45) is 5.73 Å². The van der Waals surface area contributed by atoms with Gasteiger partial charge in [-0.05, 0) is 47.5 Å². The number of hydrogen-bond acceptors (Lipinski definition) is 7. The second-order valence-corrected chi connectivity index (χ2v) is 7.37. The number of nitrogens with zero attached hydrogens (tertiary/aromatic N) is 1. The Labute approximate surface area is 196 Å². The van der Waals surface area contributed by atoms with E-state index in [-0.39, 0.29) is 19.0 Å². The summed E-state index contributed by atoms with van der Waals surface area (Å²) in [5.41, 5.74) is 10.6.